The van der Waals surface area contributed by atoms with Gasteiger partial charge in [-0.25, -0.2) is 5.11 Å². The molecule has 0 aromatic carbocycles. The van der Waals surface area contributed by atoms with Gasteiger partial charge in [-0.1, -0.05) is 39.5 Å². The fourth-order valence-electron chi connectivity index (χ4n) is 1.30. The lowest BCUT2D eigenvalue weighted by Crippen LogP contribution is -2.42. The van der Waals surface area contributed by atoms with Crippen LogP contribution >= 0.6 is 0 Å². The van der Waals surface area contributed by atoms with Crippen LogP contribution in [0.4, 0.5) is 0 Å². The van der Waals surface area contributed by atoms with Crippen LogP contribution in [0.5, 0.6) is 0 Å². The Morgan fingerprint density at radius 3 is 1.77 bits per heavy atom. The molecule has 3 nitrogen and oxygen atoms in total. The maximum absolute atomic E-state index is 11.8. The number of primary amides is 1. The lowest BCUT2D eigenvalue weighted by molar-refractivity contribution is -0.146. The van der Waals surface area contributed by atoms with E-state index < -0.39 is 11.5 Å². The Balaban J connectivity index is 4.08. The molecule has 0 saturated heterocycles. The highest BCUT2D eigenvalue weighted by molar-refractivity contribution is 5.82. The lowest BCUT2D eigenvalue weighted by atomic mass is 9.90. The van der Waals surface area contributed by atoms with Crippen LogP contribution in [0.15, 0.2) is 0 Å². The first kappa shape index (κ1) is 12.4. The predicted octanol–water partition coefficient (Wildman–Crippen LogP) is 2.02. The molecule has 1 radical (unpaired) electrons. The Bertz CT molecular complexity index is 149. The number of amides is 1. The Labute approximate surface area is 80.3 Å². The molecule has 0 fully saturated rings. The van der Waals surface area contributed by atoms with Gasteiger partial charge in [0.05, 0.1) is 0 Å². The third-order valence-corrected chi connectivity index (χ3v) is 2.32. The van der Waals surface area contributed by atoms with E-state index in [0.29, 0.717) is 12.8 Å². The van der Waals surface area contributed by atoms with Gasteiger partial charge >= 0.3 is 0 Å². The largest absolute Gasteiger partial charge is 0.367 e. The molecule has 0 aliphatic heterocycles. The molecule has 0 spiro atoms. The van der Waals surface area contributed by atoms with Gasteiger partial charge < -0.3 is 5.73 Å². The number of rotatable bonds is 7. The number of nitrogens with two attached hydrogens (primary N) is 1. The standard InChI is InChI=1S/C10H20NO2/c1-3-5-7-10(13,9(11)12)8-6-4-2/h3-8H2,1-2H3,(H2,11,12). The maximum atomic E-state index is 11.8. The van der Waals surface area contributed by atoms with Crippen molar-refractivity contribution in [1.82, 2.24) is 0 Å². The topological polar surface area (TPSA) is 63.0 Å². The van der Waals surface area contributed by atoms with E-state index in [9.17, 15) is 9.90 Å². The lowest BCUT2D eigenvalue weighted by Gasteiger charge is -2.21. The molecule has 13 heavy (non-hydrogen) atoms. The molecule has 0 aliphatic carbocycles. The van der Waals surface area contributed by atoms with Gasteiger partial charge in [0.25, 0.3) is 5.91 Å². The number of unbranched alkanes of at least 4 members (excludes halogenated alkanes) is 2. The molecule has 3 heteroatoms. The number of hydrogen-bond donors (Lipinski definition) is 1. The fraction of sp³-hybridized carbons (Fsp3) is 0.900. The van der Waals surface area contributed by atoms with E-state index in [0.717, 1.165) is 25.7 Å². The number of carbonyl (C=O) groups is 1. The average molecular weight is 186 g/mol. The van der Waals surface area contributed by atoms with Crippen LogP contribution in [0.3, 0.4) is 0 Å². The summed E-state index contributed by atoms with van der Waals surface area (Å²) in [6, 6.07) is 0. The van der Waals surface area contributed by atoms with E-state index in [1.165, 1.54) is 0 Å². The van der Waals surface area contributed by atoms with Crippen molar-refractivity contribution in [1.29, 1.82) is 0 Å². The smallest absolute Gasteiger partial charge is 0.253 e. The highest BCUT2D eigenvalue weighted by Gasteiger charge is 2.34. The number of hydrogen-bond acceptors (Lipinski definition) is 1. The first-order valence-electron chi connectivity index (χ1n) is 5.07. The molecule has 2 N–H and O–H groups in total. The minimum absolute atomic E-state index is 0.388. The van der Waals surface area contributed by atoms with Crippen LogP contribution in [0.1, 0.15) is 52.4 Å². The van der Waals surface area contributed by atoms with Gasteiger partial charge in [0.2, 0.25) is 0 Å². The Morgan fingerprint density at radius 1 is 1.15 bits per heavy atom. The summed E-state index contributed by atoms with van der Waals surface area (Å²) < 4.78 is 0. The van der Waals surface area contributed by atoms with E-state index in [2.05, 4.69) is 0 Å². The Kier molecular flexibility index (Phi) is 5.71. The minimum Gasteiger partial charge on any atom is -0.367 e. The van der Waals surface area contributed by atoms with Gasteiger partial charge in [-0.15, -0.1) is 0 Å². The van der Waals surface area contributed by atoms with Crippen molar-refractivity contribution in [3.05, 3.63) is 0 Å². The predicted molar refractivity (Wildman–Crippen MR) is 51.7 cm³/mol. The van der Waals surface area contributed by atoms with Crippen LogP contribution in [-0.2, 0) is 9.90 Å². The van der Waals surface area contributed by atoms with E-state index >= 15 is 0 Å². The van der Waals surface area contributed by atoms with Crippen LogP contribution < -0.4 is 5.73 Å². The molecular weight excluding hydrogens is 166 g/mol. The monoisotopic (exact) mass is 186 g/mol. The zero-order valence-corrected chi connectivity index (χ0v) is 8.64. The SMILES string of the molecule is CCCCC([O])(CCCC)C(N)=O. The van der Waals surface area contributed by atoms with E-state index in [1.54, 1.807) is 0 Å². The van der Waals surface area contributed by atoms with Crippen molar-refractivity contribution in [2.24, 2.45) is 5.73 Å². The second-order valence-electron chi connectivity index (χ2n) is 3.57. The summed E-state index contributed by atoms with van der Waals surface area (Å²) in [6.45, 7) is 4.00. The van der Waals surface area contributed by atoms with Crippen molar-refractivity contribution < 1.29 is 9.90 Å². The average Bonchev–Trinajstić information content (AvgIpc) is 2.11. The molecule has 0 unspecified atom stereocenters. The zero-order valence-electron chi connectivity index (χ0n) is 8.64. The van der Waals surface area contributed by atoms with E-state index in [1.807, 2.05) is 13.8 Å². The molecule has 1 amide bonds. The summed E-state index contributed by atoms with van der Waals surface area (Å²) in [6.07, 6.45) is 4.22. The van der Waals surface area contributed by atoms with E-state index in [4.69, 9.17) is 5.73 Å². The molecule has 0 saturated carbocycles. The van der Waals surface area contributed by atoms with Gasteiger partial charge in [0, 0.05) is 0 Å². The highest BCUT2D eigenvalue weighted by atomic mass is 16.3. The Hall–Kier alpha value is -0.570. The first-order valence-corrected chi connectivity index (χ1v) is 5.07. The molecule has 0 atom stereocenters. The molecule has 0 heterocycles. The third kappa shape index (κ3) is 4.27. The molecule has 0 rings (SSSR count). The summed E-state index contributed by atoms with van der Waals surface area (Å²) in [7, 11) is 0. The van der Waals surface area contributed by atoms with Crippen molar-refractivity contribution in [2.45, 2.75) is 58.0 Å². The summed E-state index contributed by atoms with van der Waals surface area (Å²) in [5.41, 5.74) is 3.59. The van der Waals surface area contributed by atoms with Crippen LogP contribution in [-0.4, -0.2) is 11.5 Å². The van der Waals surface area contributed by atoms with Crippen molar-refractivity contribution >= 4 is 5.91 Å². The van der Waals surface area contributed by atoms with Crippen LogP contribution in [0, 0.1) is 0 Å². The van der Waals surface area contributed by atoms with Crippen LogP contribution in [0.25, 0.3) is 0 Å². The molecular formula is C10H20NO2. The summed E-state index contributed by atoms with van der Waals surface area (Å²) in [4.78, 5) is 10.9. The van der Waals surface area contributed by atoms with Crippen molar-refractivity contribution in [3.8, 4) is 0 Å². The quantitative estimate of drug-likeness (QED) is 0.649. The van der Waals surface area contributed by atoms with Gasteiger partial charge in [0.15, 0.2) is 5.60 Å². The van der Waals surface area contributed by atoms with Gasteiger partial charge in [-0.3, -0.25) is 4.79 Å². The van der Waals surface area contributed by atoms with Crippen LogP contribution in [0.2, 0.25) is 0 Å². The molecule has 0 aromatic heterocycles. The van der Waals surface area contributed by atoms with Crippen molar-refractivity contribution in [2.75, 3.05) is 0 Å². The summed E-state index contributed by atoms with van der Waals surface area (Å²) in [5.74, 6) is -0.686. The zero-order chi connectivity index (χ0) is 10.3. The fourth-order valence-corrected chi connectivity index (χ4v) is 1.30. The van der Waals surface area contributed by atoms with Gasteiger partial charge in [0.1, 0.15) is 0 Å². The normalized spacial score (nSPS) is 11.6. The molecule has 0 bridgehead atoms. The van der Waals surface area contributed by atoms with E-state index in [-0.39, 0.29) is 0 Å². The van der Waals surface area contributed by atoms with Gasteiger partial charge in [-0.2, -0.15) is 0 Å². The third-order valence-electron chi connectivity index (χ3n) is 2.32. The van der Waals surface area contributed by atoms with Gasteiger partial charge in [-0.05, 0) is 12.8 Å². The maximum Gasteiger partial charge on any atom is 0.253 e. The first-order chi connectivity index (χ1) is 6.06. The molecule has 0 aliphatic rings. The van der Waals surface area contributed by atoms with Crippen molar-refractivity contribution in [3.63, 3.8) is 0 Å². The highest BCUT2D eigenvalue weighted by Crippen LogP contribution is 2.21. The second-order valence-corrected chi connectivity index (χ2v) is 3.57. The number of carbonyl (C=O) groups excluding carboxylic acids is 1. The second kappa shape index (κ2) is 5.97. The minimum atomic E-state index is -1.51. The Morgan fingerprint density at radius 2 is 1.54 bits per heavy atom. The summed E-state index contributed by atoms with van der Waals surface area (Å²) in [5, 5.41) is 11.8. The summed E-state index contributed by atoms with van der Waals surface area (Å²) >= 11 is 0. The molecule has 77 valence electrons. The molecule has 0 aromatic rings.